The van der Waals surface area contributed by atoms with Gasteiger partial charge in [-0.05, 0) is 31.2 Å². The summed E-state index contributed by atoms with van der Waals surface area (Å²) in [7, 11) is -3.74. The number of anilines is 3. The molecule has 0 fully saturated rings. The fourth-order valence-electron chi connectivity index (χ4n) is 1.83. The summed E-state index contributed by atoms with van der Waals surface area (Å²) in [4.78, 5) is 4.19. The number of pyridine rings is 1. The van der Waals surface area contributed by atoms with E-state index in [0.29, 0.717) is 18.1 Å². The molecule has 2 aromatic rings. The summed E-state index contributed by atoms with van der Waals surface area (Å²) in [5.74, 6) is 0.506. The zero-order valence-electron chi connectivity index (χ0n) is 12.3. The molecule has 2 rings (SSSR count). The standard InChI is InChI=1S/C14H15N5O3S/c1-2-22-14-11(8-15)12(16)7-13(19-14)18-9-3-5-10(6-4-9)23(17,20)21/h3-7H,2H2,1H3,(H3,16,18,19)(H2,17,20,21). The lowest BCUT2D eigenvalue weighted by Crippen LogP contribution is -2.11. The van der Waals surface area contributed by atoms with Crippen LogP contribution in [-0.4, -0.2) is 20.0 Å². The Bertz CT molecular complexity index is 857. The van der Waals surface area contributed by atoms with E-state index in [9.17, 15) is 8.42 Å². The van der Waals surface area contributed by atoms with Crippen LogP contribution in [0.2, 0.25) is 0 Å². The van der Waals surface area contributed by atoms with Crippen LogP contribution in [0.5, 0.6) is 5.88 Å². The monoisotopic (exact) mass is 333 g/mol. The SMILES string of the molecule is CCOc1nc(Nc2ccc(S(N)(=O)=O)cc2)cc(N)c1C#N. The molecule has 5 N–H and O–H groups in total. The van der Waals surface area contributed by atoms with Gasteiger partial charge in [0.15, 0.2) is 0 Å². The van der Waals surface area contributed by atoms with Crippen molar-refractivity contribution in [2.24, 2.45) is 5.14 Å². The average Bonchev–Trinajstić information content (AvgIpc) is 2.47. The summed E-state index contributed by atoms with van der Waals surface area (Å²) in [6.07, 6.45) is 0. The smallest absolute Gasteiger partial charge is 0.238 e. The molecule has 0 unspecified atom stereocenters. The summed E-state index contributed by atoms with van der Waals surface area (Å²) >= 11 is 0. The van der Waals surface area contributed by atoms with Crippen LogP contribution in [0.3, 0.4) is 0 Å². The maximum absolute atomic E-state index is 11.2. The molecule has 0 aliphatic rings. The minimum absolute atomic E-state index is 0.00496. The second kappa shape index (κ2) is 6.51. The number of nitrogens with two attached hydrogens (primary N) is 2. The number of hydrogen-bond donors (Lipinski definition) is 3. The highest BCUT2D eigenvalue weighted by molar-refractivity contribution is 7.89. The van der Waals surface area contributed by atoms with Crippen LogP contribution < -0.4 is 20.9 Å². The molecule has 1 aromatic carbocycles. The quantitative estimate of drug-likeness (QED) is 0.748. The van der Waals surface area contributed by atoms with Crippen molar-refractivity contribution in [3.8, 4) is 11.9 Å². The van der Waals surface area contributed by atoms with E-state index in [1.54, 1.807) is 6.92 Å². The van der Waals surface area contributed by atoms with E-state index in [2.05, 4.69) is 10.3 Å². The number of nitriles is 1. The minimum Gasteiger partial charge on any atom is -0.477 e. The van der Waals surface area contributed by atoms with Crippen molar-refractivity contribution in [3.63, 3.8) is 0 Å². The Morgan fingerprint density at radius 3 is 2.52 bits per heavy atom. The predicted molar refractivity (Wildman–Crippen MR) is 85.6 cm³/mol. The highest BCUT2D eigenvalue weighted by Gasteiger charge is 2.12. The number of nitrogens with one attached hydrogen (secondary N) is 1. The summed E-state index contributed by atoms with van der Waals surface area (Å²) in [5, 5.41) is 17.1. The number of aromatic nitrogens is 1. The summed E-state index contributed by atoms with van der Waals surface area (Å²) in [5.41, 5.74) is 6.80. The Hall–Kier alpha value is -2.83. The number of nitrogens with zero attached hydrogens (tertiary/aromatic N) is 2. The second-order valence-corrected chi connectivity index (χ2v) is 6.08. The number of ether oxygens (including phenoxy) is 1. The topological polar surface area (TPSA) is 144 Å². The molecule has 0 amide bonds. The van der Waals surface area contributed by atoms with Gasteiger partial charge in [-0.3, -0.25) is 0 Å². The van der Waals surface area contributed by atoms with Crippen LogP contribution in [0.25, 0.3) is 0 Å². The van der Waals surface area contributed by atoms with E-state index in [1.165, 1.54) is 30.3 Å². The Morgan fingerprint density at radius 1 is 1.35 bits per heavy atom. The number of primary sulfonamides is 1. The van der Waals surface area contributed by atoms with Gasteiger partial charge in [-0.15, -0.1) is 0 Å². The summed E-state index contributed by atoms with van der Waals surface area (Å²) in [6.45, 7) is 2.11. The lowest BCUT2D eigenvalue weighted by molar-refractivity contribution is 0.326. The van der Waals surface area contributed by atoms with Gasteiger partial charge in [0.25, 0.3) is 0 Å². The highest BCUT2D eigenvalue weighted by Crippen LogP contribution is 2.27. The number of nitrogen functional groups attached to an aromatic ring is 1. The van der Waals surface area contributed by atoms with E-state index >= 15 is 0 Å². The Balaban J connectivity index is 2.32. The Kier molecular flexibility index (Phi) is 4.68. The Labute approximate surface area is 133 Å². The third-order valence-corrected chi connectivity index (χ3v) is 3.79. The third-order valence-electron chi connectivity index (χ3n) is 2.86. The van der Waals surface area contributed by atoms with E-state index in [-0.39, 0.29) is 22.0 Å². The maximum Gasteiger partial charge on any atom is 0.238 e. The van der Waals surface area contributed by atoms with E-state index < -0.39 is 10.0 Å². The van der Waals surface area contributed by atoms with Gasteiger partial charge in [0.1, 0.15) is 17.5 Å². The number of hydrogen-bond acceptors (Lipinski definition) is 7. The first-order chi connectivity index (χ1) is 10.8. The van der Waals surface area contributed by atoms with Crippen LogP contribution in [0.1, 0.15) is 12.5 Å². The zero-order valence-corrected chi connectivity index (χ0v) is 13.1. The van der Waals surface area contributed by atoms with Crippen molar-refractivity contribution in [2.45, 2.75) is 11.8 Å². The molecule has 0 saturated carbocycles. The van der Waals surface area contributed by atoms with Gasteiger partial charge < -0.3 is 15.8 Å². The van der Waals surface area contributed by atoms with Crippen molar-refractivity contribution >= 4 is 27.2 Å². The molecule has 1 aromatic heterocycles. The molecule has 120 valence electrons. The lowest BCUT2D eigenvalue weighted by atomic mass is 10.2. The maximum atomic E-state index is 11.2. The molecule has 8 nitrogen and oxygen atoms in total. The van der Waals surface area contributed by atoms with Crippen LogP contribution in [0.15, 0.2) is 35.2 Å². The van der Waals surface area contributed by atoms with Crippen molar-refractivity contribution < 1.29 is 13.2 Å². The first-order valence-corrected chi connectivity index (χ1v) is 8.13. The van der Waals surface area contributed by atoms with Crippen LogP contribution in [0, 0.1) is 11.3 Å². The van der Waals surface area contributed by atoms with Gasteiger partial charge in [-0.1, -0.05) is 0 Å². The van der Waals surface area contributed by atoms with Crippen molar-refractivity contribution in [1.29, 1.82) is 5.26 Å². The zero-order chi connectivity index (χ0) is 17.0. The second-order valence-electron chi connectivity index (χ2n) is 4.52. The van der Waals surface area contributed by atoms with Crippen LogP contribution in [0.4, 0.5) is 17.2 Å². The molecule has 0 bridgehead atoms. The van der Waals surface area contributed by atoms with Gasteiger partial charge in [-0.2, -0.15) is 10.2 Å². The molecule has 0 atom stereocenters. The predicted octanol–water partition coefficient (Wildman–Crippen LogP) is 1.33. The third kappa shape index (κ3) is 3.88. The van der Waals surface area contributed by atoms with E-state index in [0.717, 1.165) is 0 Å². The highest BCUT2D eigenvalue weighted by atomic mass is 32.2. The largest absolute Gasteiger partial charge is 0.477 e. The molecule has 0 radical (unpaired) electrons. The van der Waals surface area contributed by atoms with Gasteiger partial charge in [0, 0.05) is 11.8 Å². The van der Waals surface area contributed by atoms with Gasteiger partial charge in [0.05, 0.1) is 17.2 Å². The average molecular weight is 333 g/mol. The lowest BCUT2D eigenvalue weighted by Gasteiger charge is -2.11. The fourth-order valence-corrected chi connectivity index (χ4v) is 2.35. The fraction of sp³-hybridized carbons (Fsp3) is 0.143. The Morgan fingerprint density at radius 2 is 2.00 bits per heavy atom. The molecule has 9 heteroatoms. The molecule has 0 saturated heterocycles. The number of sulfonamides is 1. The van der Waals surface area contributed by atoms with Gasteiger partial charge in [0.2, 0.25) is 15.9 Å². The summed E-state index contributed by atoms with van der Waals surface area (Å²) in [6, 6.07) is 9.25. The van der Waals surface area contributed by atoms with Crippen molar-refractivity contribution in [3.05, 3.63) is 35.9 Å². The number of benzene rings is 1. The summed E-state index contributed by atoms with van der Waals surface area (Å²) < 4.78 is 27.7. The van der Waals surface area contributed by atoms with Crippen LogP contribution >= 0.6 is 0 Å². The molecule has 0 aliphatic carbocycles. The molecule has 0 aliphatic heterocycles. The number of rotatable bonds is 5. The molecule has 23 heavy (non-hydrogen) atoms. The normalized spacial score (nSPS) is 10.8. The van der Waals surface area contributed by atoms with Gasteiger partial charge in [-0.25, -0.2) is 13.6 Å². The first kappa shape index (κ1) is 16.5. The molecular weight excluding hydrogens is 318 g/mol. The van der Waals surface area contributed by atoms with Crippen molar-refractivity contribution in [1.82, 2.24) is 4.98 Å². The molecule has 0 spiro atoms. The van der Waals surface area contributed by atoms with E-state index in [1.807, 2.05) is 6.07 Å². The minimum atomic E-state index is -3.74. The molecule has 1 heterocycles. The van der Waals surface area contributed by atoms with Crippen molar-refractivity contribution in [2.75, 3.05) is 17.7 Å². The van der Waals surface area contributed by atoms with E-state index in [4.69, 9.17) is 20.9 Å². The van der Waals surface area contributed by atoms with Crippen LogP contribution in [-0.2, 0) is 10.0 Å². The van der Waals surface area contributed by atoms with Gasteiger partial charge >= 0.3 is 0 Å². The molecular formula is C14H15N5O3S. The first-order valence-electron chi connectivity index (χ1n) is 6.58.